The molecule has 2 aromatic carbocycles. The molecule has 1 fully saturated rings. The first kappa shape index (κ1) is 16.2. The van der Waals surface area contributed by atoms with E-state index >= 15 is 0 Å². The Hall–Kier alpha value is -2.33. The van der Waals surface area contributed by atoms with E-state index < -0.39 is 5.41 Å². The summed E-state index contributed by atoms with van der Waals surface area (Å²) in [5.74, 6) is 0.990. The summed E-state index contributed by atoms with van der Waals surface area (Å²) in [5, 5.41) is 3.77. The zero-order valence-corrected chi connectivity index (χ0v) is 14.6. The van der Waals surface area contributed by atoms with Gasteiger partial charge in [-0.1, -0.05) is 42.3 Å². The van der Waals surface area contributed by atoms with E-state index in [-0.39, 0.29) is 5.91 Å². The molecule has 3 aromatic rings. The number of fused-ring (bicyclic) bond motifs is 1. The number of aromatic nitrogens is 2. The number of para-hydroxylation sites is 2. The number of hydrogen-bond acceptors (Lipinski definition) is 2. The Labute approximate surface area is 151 Å². The maximum atomic E-state index is 12.8. The molecule has 0 saturated heterocycles. The van der Waals surface area contributed by atoms with Crippen LogP contribution in [0.4, 0.5) is 0 Å². The fourth-order valence-electron chi connectivity index (χ4n) is 3.55. The van der Waals surface area contributed by atoms with Gasteiger partial charge in [0.15, 0.2) is 0 Å². The first-order chi connectivity index (χ1) is 12.2. The van der Waals surface area contributed by atoms with Crippen LogP contribution in [0.5, 0.6) is 0 Å². The molecule has 4 rings (SSSR count). The highest BCUT2D eigenvalue weighted by atomic mass is 35.5. The van der Waals surface area contributed by atoms with Gasteiger partial charge in [0.2, 0.25) is 5.91 Å². The lowest BCUT2D eigenvalue weighted by atomic mass is 9.64. The van der Waals surface area contributed by atoms with Crippen LogP contribution in [-0.4, -0.2) is 22.4 Å². The number of aromatic amines is 1. The second kappa shape index (κ2) is 6.52. The molecular weight excluding hydrogens is 334 g/mol. The van der Waals surface area contributed by atoms with Crippen molar-refractivity contribution in [2.75, 3.05) is 6.54 Å². The van der Waals surface area contributed by atoms with Gasteiger partial charge < -0.3 is 10.3 Å². The van der Waals surface area contributed by atoms with Gasteiger partial charge in [-0.15, -0.1) is 0 Å². The molecule has 0 unspecified atom stereocenters. The molecule has 128 valence electrons. The quantitative estimate of drug-likeness (QED) is 0.728. The molecule has 25 heavy (non-hydrogen) atoms. The zero-order chi connectivity index (χ0) is 17.3. The van der Waals surface area contributed by atoms with E-state index in [4.69, 9.17) is 11.6 Å². The van der Waals surface area contributed by atoms with E-state index in [1.54, 1.807) is 0 Å². The molecule has 1 amide bonds. The van der Waals surface area contributed by atoms with Gasteiger partial charge in [-0.05, 0) is 42.7 Å². The summed E-state index contributed by atoms with van der Waals surface area (Å²) >= 11 is 6.12. The molecule has 5 heteroatoms. The molecule has 1 aliphatic rings. The normalized spacial score (nSPS) is 15.7. The third kappa shape index (κ3) is 3.02. The topological polar surface area (TPSA) is 57.8 Å². The largest absolute Gasteiger partial charge is 0.355 e. The van der Waals surface area contributed by atoms with Gasteiger partial charge in [0.05, 0.1) is 16.4 Å². The van der Waals surface area contributed by atoms with Crippen molar-refractivity contribution >= 4 is 28.5 Å². The summed E-state index contributed by atoms with van der Waals surface area (Å²) in [4.78, 5) is 20.7. The van der Waals surface area contributed by atoms with Crippen molar-refractivity contribution in [3.8, 4) is 0 Å². The highest BCUT2D eigenvalue weighted by Gasteiger charge is 2.45. The number of amides is 1. The highest BCUT2D eigenvalue weighted by Crippen LogP contribution is 2.44. The van der Waals surface area contributed by atoms with Crippen LogP contribution < -0.4 is 5.32 Å². The van der Waals surface area contributed by atoms with Gasteiger partial charge in [0, 0.05) is 18.0 Å². The van der Waals surface area contributed by atoms with E-state index in [0.29, 0.717) is 18.0 Å². The van der Waals surface area contributed by atoms with Crippen LogP contribution >= 0.6 is 11.6 Å². The van der Waals surface area contributed by atoms with Crippen LogP contribution in [0.3, 0.4) is 0 Å². The van der Waals surface area contributed by atoms with Crippen molar-refractivity contribution in [3.63, 3.8) is 0 Å². The summed E-state index contributed by atoms with van der Waals surface area (Å²) < 4.78 is 0. The third-order valence-electron chi connectivity index (χ3n) is 5.10. The van der Waals surface area contributed by atoms with Crippen LogP contribution in [0, 0.1) is 0 Å². The van der Waals surface area contributed by atoms with Crippen molar-refractivity contribution in [2.45, 2.75) is 31.1 Å². The number of carbonyl (C=O) groups excluding carboxylic acids is 1. The SMILES string of the molecule is O=C(NCCc1nc2ccccc2[nH]1)C1(c2cccc(Cl)c2)CCC1. The fraction of sp³-hybridized carbons (Fsp3) is 0.300. The average molecular weight is 354 g/mol. The van der Waals surface area contributed by atoms with Gasteiger partial charge in [-0.25, -0.2) is 4.98 Å². The zero-order valence-electron chi connectivity index (χ0n) is 13.9. The molecule has 2 N–H and O–H groups in total. The van der Waals surface area contributed by atoms with E-state index in [2.05, 4.69) is 15.3 Å². The Morgan fingerprint density at radius 1 is 1.20 bits per heavy atom. The molecule has 0 atom stereocenters. The maximum Gasteiger partial charge on any atom is 0.230 e. The van der Waals surface area contributed by atoms with Crippen LogP contribution in [-0.2, 0) is 16.6 Å². The number of rotatable bonds is 5. The van der Waals surface area contributed by atoms with Crippen molar-refractivity contribution in [2.24, 2.45) is 0 Å². The molecule has 0 radical (unpaired) electrons. The Morgan fingerprint density at radius 3 is 2.76 bits per heavy atom. The van der Waals surface area contributed by atoms with Crippen molar-refractivity contribution in [3.05, 3.63) is 64.9 Å². The van der Waals surface area contributed by atoms with Gasteiger partial charge in [-0.3, -0.25) is 4.79 Å². The molecule has 0 aliphatic heterocycles. The van der Waals surface area contributed by atoms with Crippen molar-refractivity contribution in [1.29, 1.82) is 0 Å². The number of nitrogens with one attached hydrogen (secondary N) is 2. The summed E-state index contributed by atoms with van der Waals surface area (Å²) in [6.07, 6.45) is 3.52. The molecular formula is C20H20ClN3O. The van der Waals surface area contributed by atoms with Gasteiger partial charge in [0.25, 0.3) is 0 Å². The summed E-state index contributed by atoms with van der Waals surface area (Å²) in [7, 11) is 0. The fourth-order valence-corrected chi connectivity index (χ4v) is 3.74. The second-order valence-electron chi connectivity index (χ2n) is 6.65. The Bertz CT molecular complexity index is 881. The summed E-state index contributed by atoms with van der Waals surface area (Å²) in [5.41, 5.74) is 2.59. The van der Waals surface area contributed by atoms with E-state index in [0.717, 1.165) is 41.7 Å². The van der Waals surface area contributed by atoms with E-state index in [1.165, 1.54) is 0 Å². The molecule has 4 nitrogen and oxygen atoms in total. The van der Waals surface area contributed by atoms with E-state index in [1.807, 2.05) is 48.5 Å². The molecule has 0 bridgehead atoms. The number of imidazole rings is 1. The molecule has 1 aromatic heterocycles. The smallest absolute Gasteiger partial charge is 0.230 e. The highest BCUT2D eigenvalue weighted by molar-refractivity contribution is 6.30. The Balaban J connectivity index is 1.42. The third-order valence-corrected chi connectivity index (χ3v) is 5.34. The predicted molar refractivity (Wildman–Crippen MR) is 99.8 cm³/mol. The number of nitrogens with zero attached hydrogens (tertiary/aromatic N) is 1. The van der Waals surface area contributed by atoms with Gasteiger partial charge in [-0.2, -0.15) is 0 Å². The summed E-state index contributed by atoms with van der Waals surface area (Å²) in [6.45, 7) is 0.570. The minimum Gasteiger partial charge on any atom is -0.355 e. The number of carbonyl (C=O) groups is 1. The molecule has 1 saturated carbocycles. The minimum absolute atomic E-state index is 0.0946. The Morgan fingerprint density at radius 2 is 2.04 bits per heavy atom. The maximum absolute atomic E-state index is 12.8. The lowest BCUT2D eigenvalue weighted by Crippen LogP contribution is -2.49. The monoisotopic (exact) mass is 353 g/mol. The number of benzene rings is 2. The standard InChI is InChI=1S/C20H20ClN3O/c21-15-6-3-5-14(13-15)20(10-4-11-20)19(25)22-12-9-18-23-16-7-1-2-8-17(16)24-18/h1-3,5-8,13H,4,9-12H2,(H,22,25)(H,23,24). The lowest BCUT2D eigenvalue weighted by molar-refractivity contribution is -0.129. The first-order valence-corrected chi connectivity index (χ1v) is 9.03. The molecule has 1 heterocycles. The minimum atomic E-state index is -0.418. The van der Waals surface area contributed by atoms with Gasteiger partial charge in [0.1, 0.15) is 5.82 Å². The number of hydrogen-bond donors (Lipinski definition) is 2. The lowest BCUT2D eigenvalue weighted by Gasteiger charge is -2.40. The predicted octanol–water partition coefficient (Wildman–Crippen LogP) is 4.00. The van der Waals surface area contributed by atoms with Crippen LogP contribution in [0.15, 0.2) is 48.5 Å². The Kier molecular flexibility index (Phi) is 4.22. The average Bonchev–Trinajstić information content (AvgIpc) is 2.96. The first-order valence-electron chi connectivity index (χ1n) is 8.65. The van der Waals surface area contributed by atoms with Crippen LogP contribution in [0.25, 0.3) is 11.0 Å². The van der Waals surface area contributed by atoms with E-state index in [9.17, 15) is 4.79 Å². The second-order valence-corrected chi connectivity index (χ2v) is 7.09. The number of H-pyrrole nitrogens is 1. The van der Waals surface area contributed by atoms with Crippen LogP contribution in [0.2, 0.25) is 5.02 Å². The van der Waals surface area contributed by atoms with Crippen molar-refractivity contribution in [1.82, 2.24) is 15.3 Å². The summed E-state index contributed by atoms with van der Waals surface area (Å²) in [6, 6.07) is 15.6. The number of halogens is 1. The van der Waals surface area contributed by atoms with Crippen LogP contribution in [0.1, 0.15) is 30.7 Å². The molecule has 1 aliphatic carbocycles. The van der Waals surface area contributed by atoms with Gasteiger partial charge >= 0.3 is 0 Å². The van der Waals surface area contributed by atoms with Crippen molar-refractivity contribution < 1.29 is 4.79 Å². The molecule has 0 spiro atoms.